The molecule has 6 heteroatoms. The number of rotatable bonds is 4. The third kappa shape index (κ3) is 4.10. The van der Waals surface area contributed by atoms with E-state index >= 15 is 0 Å². The second kappa shape index (κ2) is 5.48. The molecule has 0 saturated heterocycles. The molecule has 0 atom stereocenters. The summed E-state index contributed by atoms with van der Waals surface area (Å²) in [4.78, 5) is 21.4. The molecule has 1 N–H and O–H groups in total. The molecule has 1 rings (SSSR count). The van der Waals surface area contributed by atoms with Gasteiger partial charge in [0.25, 0.3) is 5.69 Å². The Morgan fingerprint density at radius 2 is 2.11 bits per heavy atom. The van der Waals surface area contributed by atoms with E-state index in [1.807, 2.05) is 13.8 Å². The van der Waals surface area contributed by atoms with Gasteiger partial charge in [-0.25, -0.2) is 0 Å². The van der Waals surface area contributed by atoms with Gasteiger partial charge in [-0.05, 0) is 47.8 Å². The molecule has 1 aromatic carbocycles. The van der Waals surface area contributed by atoms with E-state index in [2.05, 4.69) is 21.2 Å². The highest BCUT2D eigenvalue weighted by molar-refractivity contribution is 9.10. The molecule has 0 fully saturated rings. The van der Waals surface area contributed by atoms with Crippen LogP contribution in [0.5, 0.6) is 0 Å². The molecule has 1 amide bonds. The van der Waals surface area contributed by atoms with E-state index in [1.165, 1.54) is 13.0 Å². The highest BCUT2D eigenvalue weighted by atomic mass is 79.9. The third-order valence-electron chi connectivity index (χ3n) is 2.37. The van der Waals surface area contributed by atoms with E-state index in [4.69, 9.17) is 0 Å². The van der Waals surface area contributed by atoms with Crippen LogP contribution < -0.4 is 5.32 Å². The van der Waals surface area contributed by atoms with Gasteiger partial charge in [0, 0.05) is 18.5 Å². The van der Waals surface area contributed by atoms with Crippen molar-refractivity contribution in [2.45, 2.75) is 32.7 Å². The summed E-state index contributed by atoms with van der Waals surface area (Å²) in [6, 6.07) is 4.98. The Bertz CT molecular complexity index is 486. The third-order valence-corrected chi connectivity index (χ3v) is 3.04. The first-order chi connectivity index (χ1) is 8.21. The van der Waals surface area contributed by atoms with Gasteiger partial charge in [-0.15, -0.1) is 0 Å². The number of hydrogen-bond acceptors (Lipinski definition) is 3. The van der Waals surface area contributed by atoms with Crippen molar-refractivity contribution in [3.63, 3.8) is 0 Å². The average molecular weight is 315 g/mol. The number of amides is 1. The number of nitrogens with one attached hydrogen (secondary N) is 1. The molecular weight excluding hydrogens is 300 g/mol. The van der Waals surface area contributed by atoms with E-state index in [9.17, 15) is 14.9 Å². The maximum Gasteiger partial charge on any atom is 0.283 e. The van der Waals surface area contributed by atoms with E-state index in [-0.39, 0.29) is 11.6 Å². The molecule has 0 spiro atoms. The van der Waals surface area contributed by atoms with Crippen molar-refractivity contribution in [1.82, 2.24) is 5.32 Å². The Hall–Kier alpha value is -1.43. The van der Waals surface area contributed by atoms with Gasteiger partial charge in [0.2, 0.25) is 5.91 Å². The molecule has 0 saturated carbocycles. The second-order valence-electron chi connectivity index (χ2n) is 4.78. The zero-order valence-corrected chi connectivity index (χ0v) is 12.1. The SMILES string of the molecule is CC(=O)NC(C)(C)Cc1ccc(Br)c([N+](=O)[O-])c1. The zero-order valence-electron chi connectivity index (χ0n) is 10.5. The Morgan fingerprint density at radius 1 is 1.50 bits per heavy atom. The van der Waals surface area contributed by atoms with Crippen LogP contribution in [0.15, 0.2) is 22.7 Å². The molecule has 5 nitrogen and oxygen atoms in total. The van der Waals surface area contributed by atoms with Gasteiger partial charge in [0.05, 0.1) is 9.40 Å². The highest BCUT2D eigenvalue weighted by Gasteiger charge is 2.21. The summed E-state index contributed by atoms with van der Waals surface area (Å²) >= 11 is 3.14. The molecule has 0 aliphatic rings. The number of benzene rings is 1. The van der Waals surface area contributed by atoms with Crippen LogP contribution in [-0.4, -0.2) is 16.4 Å². The van der Waals surface area contributed by atoms with Crippen LogP contribution in [0.3, 0.4) is 0 Å². The first-order valence-corrected chi connectivity index (χ1v) is 6.22. The quantitative estimate of drug-likeness (QED) is 0.686. The monoisotopic (exact) mass is 314 g/mol. The molecular formula is C12H15BrN2O3. The minimum absolute atomic E-state index is 0.0334. The summed E-state index contributed by atoms with van der Waals surface area (Å²) in [7, 11) is 0. The summed E-state index contributed by atoms with van der Waals surface area (Å²) in [6.07, 6.45) is 0.528. The number of carbonyl (C=O) groups excluding carboxylic acids is 1. The topological polar surface area (TPSA) is 72.2 Å². The van der Waals surface area contributed by atoms with Crippen LogP contribution >= 0.6 is 15.9 Å². The van der Waals surface area contributed by atoms with Crippen LogP contribution in [0, 0.1) is 10.1 Å². The van der Waals surface area contributed by atoms with Crippen LogP contribution in [0.1, 0.15) is 26.3 Å². The van der Waals surface area contributed by atoms with Gasteiger partial charge >= 0.3 is 0 Å². The summed E-state index contributed by atoms with van der Waals surface area (Å²) in [5, 5.41) is 13.6. The summed E-state index contributed by atoms with van der Waals surface area (Å²) in [6.45, 7) is 5.20. The summed E-state index contributed by atoms with van der Waals surface area (Å²) in [5.74, 6) is -0.119. The molecule has 98 valence electrons. The maximum atomic E-state index is 11.1. The van der Waals surface area contributed by atoms with Gasteiger partial charge in [-0.1, -0.05) is 6.07 Å². The molecule has 0 aromatic heterocycles. The molecule has 0 unspecified atom stereocenters. The lowest BCUT2D eigenvalue weighted by Gasteiger charge is -2.25. The van der Waals surface area contributed by atoms with Gasteiger partial charge in [0.15, 0.2) is 0 Å². The lowest BCUT2D eigenvalue weighted by molar-refractivity contribution is -0.385. The van der Waals surface area contributed by atoms with Crippen molar-refractivity contribution >= 4 is 27.5 Å². The number of nitro benzene ring substituents is 1. The maximum absolute atomic E-state index is 11.1. The first-order valence-electron chi connectivity index (χ1n) is 5.43. The van der Waals surface area contributed by atoms with Crippen molar-refractivity contribution < 1.29 is 9.72 Å². The van der Waals surface area contributed by atoms with Crippen molar-refractivity contribution in [2.75, 3.05) is 0 Å². The number of nitrogens with zero attached hydrogens (tertiary/aromatic N) is 1. The smallest absolute Gasteiger partial charge is 0.283 e. The Kier molecular flexibility index (Phi) is 4.45. The van der Waals surface area contributed by atoms with Gasteiger partial charge in [0.1, 0.15) is 0 Å². The van der Waals surface area contributed by atoms with E-state index in [1.54, 1.807) is 12.1 Å². The Balaban J connectivity index is 2.95. The Morgan fingerprint density at radius 3 is 2.61 bits per heavy atom. The van der Waals surface area contributed by atoms with E-state index < -0.39 is 10.5 Å². The van der Waals surface area contributed by atoms with Crippen LogP contribution in [0.4, 0.5) is 5.69 Å². The largest absolute Gasteiger partial charge is 0.351 e. The van der Waals surface area contributed by atoms with Gasteiger partial charge in [-0.3, -0.25) is 14.9 Å². The minimum Gasteiger partial charge on any atom is -0.351 e. The van der Waals surface area contributed by atoms with Gasteiger partial charge in [-0.2, -0.15) is 0 Å². The van der Waals surface area contributed by atoms with E-state index in [0.29, 0.717) is 10.9 Å². The summed E-state index contributed by atoms with van der Waals surface area (Å²) < 4.78 is 0.452. The zero-order chi connectivity index (χ0) is 13.9. The van der Waals surface area contributed by atoms with Crippen molar-refractivity contribution in [3.8, 4) is 0 Å². The minimum atomic E-state index is -0.437. The molecule has 0 radical (unpaired) electrons. The fraction of sp³-hybridized carbons (Fsp3) is 0.417. The Labute approximate surface area is 114 Å². The van der Waals surface area contributed by atoms with Crippen LogP contribution in [-0.2, 0) is 11.2 Å². The second-order valence-corrected chi connectivity index (χ2v) is 5.64. The van der Waals surface area contributed by atoms with Crippen molar-refractivity contribution in [2.24, 2.45) is 0 Å². The lowest BCUT2D eigenvalue weighted by Crippen LogP contribution is -2.43. The predicted octanol–water partition coefficient (Wildman–Crippen LogP) is 2.81. The van der Waals surface area contributed by atoms with Gasteiger partial charge < -0.3 is 5.32 Å². The molecule has 0 aliphatic carbocycles. The molecule has 1 aromatic rings. The highest BCUT2D eigenvalue weighted by Crippen LogP contribution is 2.27. The molecule has 0 heterocycles. The van der Waals surface area contributed by atoms with Crippen molar-refractivity contribution in [1.29, 1.82) is 0 Å². The molecule has 0 bridgehead atoms. The van der Waals surface area contributed by atoms with Crippen molar-refractivity contribution in [3.05, 3.63) is 38.3 Å². The number of halogens is 1. The van der Waals surface area contributed by atoms with E-state index in [0.717, 1.165) is 5.56 Å². The van der Waals surface area contributed by atoms with Crippen LogP contribution in [0.2, 0.25) is 0 Å². The normalized spacial score (nSPS) is 11.1. The molecule has 0 aliphatic heterocycles. The number of hydrogen-bond donors (Lipinski definition) is 1. The average Bonchev–Trinajstić information content (AvgIpc) is 2.18. The van der Waals surface area contributed by atoms with Crippen LogP contribution in [0.25, 0.3) is 0 Å². The lowest BCUT2D eigenvalue weighted by atomic mass is 9.94. The fourth-order valence-corrected chi connectivity index (χ4v) is 2.23. The summed E-state index contributed by atoms with van der Waals surface area (Å²) in [5.41, 5.74) is 0.405. The number of carbonyl (C=O) groups is 1. The molecule has 18 heavy (non-hydrogen) atoms. The fourth-order valence-electron chi connectivity index (χ4n) is 1.84. The number of nitro groups is 1. The predicted molar refractivity (Wildman–Crippen MR) is 72.4 cm³/mol. The standard InChI is InChI=1S/C12H15BrN2O3/c1-8(16)14-12(2,3)7-9-4-5-10(13)11(6-9)15(17)18/h4-6H,7H2,1-3H3,(H,14,16). The first kappa shape index (κ1) is 14.6.